The summed E-state index contributed by atoms with van der Waals surface area (Å²) in [7, 11) is 2.18. The van der Waals surface area contributed by atoms with Crippen LogP contribution in [0.2, 0.25) is 0 Å². The summed E-state index contributed by atoms with van der Waals surface area (Å²) < 4.78 is 0. The van der Waals surface area contributed by atoms with Crippen molar-refractivity contribution in [3.05, 3.63) is 35.4 Å². The fourth-order valence-corrected chi connectivity index (χ4v) is 4.53. The Morgan fingerprint density at radius 1 is 1.07 bits per heavy atom. The number of fused-ring (bicyclic) bond motifs is 2. The van der Waals surface area contributed by atoms with Crippen molar-refractivity contribution in [1.29, 1.82) is 0 Å². The van der Waals surface area contributed by atoms with Crippen LogP contribution in [0.5, 0.6) is 0 Å². The third-order valence-electron chi connectivity index (χ3n) is 6.06. The highest BCUT2D eigenvalue weighted by Gasteiger charge is 2.38. The molecule has 2 atom stereocenters. The molecule has 7 heteroatoms. The monoisotopic (exact) mass is 414 g/mol. The van der Waals surface area contributed by atoms with Crippen molar-refractivity contribution >= 4 is 30.7 Å². The number of likely N-dealkylation sites (N-methyl/N-ethyl adjacent to an activating group) is 1. The highest BCUT2D eigenvalue weighted by molar-refractivity contribution is 5.95. The molecule has 4 rings (SSSR count). The molecule has 27 heavy (non-hydrogen) atoms. The van der Waals surface area contributed by atoms with Crippen LogP contribution in [0.4, 0.5) is 0 Å². The standard InChI is InChI=1S/C20H30N4O.2ClH/c1-22-9-11-23(12-10-22)15-16-3-2-4-17(13-16)20(25)24-18-5-6-19(24)14-21-8-7-18;;/h2-4,13,18-19,21H,5-12,14-15H2,1H3;2*1H. The lowest BCUT2D eigenvalue weighted by atomic mass is 10.1. The first-order valence-corrected chi connectivity index (χ1v) is 9.74. The Bertz CT molecular complexity index is 608. The smallest absolute Gasteiger partial charge is 0.254 e. The van der Waals surface area contributed by atoms with Gasteiger partial charge in [0.25, 0.3) is 5.91 Å². The van der Waals surface area contributed by atoms with Crippen molar-refractivity contribution < 1.29 is 4.79 Å². The first kappa shape index (κ1) is 22.4. The first-order chi connectivity index (χ1) is 12.2. The number of nitrogens with zero attached hydrogens (tertiary/aromatic N) is 3. The quantitative estimate of drug-likeness (QED) is 0.822. The highest BCUT2D eigenvalue weighted by atomic mass is 35.5. The van der Waals surface area contributed by atoms with Gasteiger partial charge in [0.15, 0.2) is 0 Å². The number of carbonyl (C=O) groups excluding carboxylic acids is 1. The zero-order valence-corrected chi connectivity index (χ0v) is 17.7. The minimum Gasteiger partial charge on any atom is -0.331 e. The van der Waals surface area contributed by atoms with Crippen molar-refractivity contribution in [3.63, 3.8) is 0 Å². The van der Waals surface area contributed by atoms with Crippen LogP contribution < -0.4 is 5.32 Å². The van der Waals surface area contributed by atoms with Crippen molar-refractivity contribution in [1.82, 2.24) is 20.0 Å². The van der Waals surface area contributed by atoms with Gasteiger partial charge in [0, 0.05) is 56.9 Å². The van der Waals surface area contributed by atoms with Gasteiger partial charge in [-0.3, -0.25) is 9.69 Å². The molecule has 2 unspecified atom stereocenters. The normalized spacial score (nSPS) is 26.0. The maximum absolute atomic E-state index is 13.2. The molecule has 0 aliphatic carbocycles. The third kappa shape index (κ3) is 5.15. The lowest BCUT2D eigenvalue weighted by Gasteiger charge is -2.32. The van der Waals surface area contributed by atoms with Crippen molar-refractivity contribution in [2.75, 3.05) is 46.3 Å². The Morgan fingerprint density at radius 2 is 1.81 bits per heavy atom. The van der Waals surface area contributed by atoms with Crippen LogP contribution >= 0.6 is 24.8 Å². The second kappa shape index (κ2) is 10.1. The average molecular weight is 415 g/mol. The molecule has 0 radical (unpaired) electrons. The van der Waals surface area contributed by atoms with E-state index in [4.69, 9.17) is 0 Å². The van der Waals surface area contributed by atoms with Gasteiger partial charge in [-0.25, -0.2) is 0 Å². The molecule has 3 fully saturated rings. The molecule has 0 spiro atoms. The van der Waals surface area contributed by atoms with E-state index >= 15 is 0 Å². The van der Waals surface area contributed by atoms with Crippen LogP contribution in [0.1, 0.15) is 35.2 Å². The van der Waals surface area contributed by atoms with E-state index in [1.807, 2.05) is 6.07 Å². The average Bonchev–Trinajstić information content (AvgIpc) is 2.89. The van der Waals surface area contributed by atoms with Crippen molar-refractivity contribution in [2.45, 2.75) is 37.9 Å². The Morgan fingerprint density at radius 3 is 2.59 bits per heavy atom. The lowest BCUT2D eigenvalue weighted by molar-refractivity contribution is 0.0680. The van der Waals surface area contributed by atoms with Gasteiger partial charge in [-0.1, -0.05) is 12.1 Å². The molecule has 1 amide bonds. The minimum atomic E-state index is 0. The van der Waals surface area contributed by atoms with Crippen LogP contribution in [-0.2, 0) is 6.54 Å². The minimum absolute atomic E-state index is 0. The van der Waals surface area contributed by atoms with E-state index in [0.717, 1.165) is 64.2 Å². The second-order valence-electron chi connectivity index (χ2n) is 7.87. The molecule has 3 aliphatic heterocycles. The van der Waals surface area contributed by atoms with Gasteiger partial charge in [-0.05, 0) is 50.6 Å². The summed E-state index contributed by atoms with van der Waals surface area (Å²) in [6.45, 7) is 7.40. The summed E-state index contributed by atoms with van der Waals surface area (Å²) in [5.74, 6) is 0.233. The van der Waals surface area contributed by atoms with E-state index in [1.165, 1.54) is 12.0 Å². The number of hydrogen-bond acceptors (Lipinski definition) is 4. The summed E-state index contributed by atoms with van der Waals surface area (Å²) in [6, 6.07) is 9.13. The molecule has 3 aliphatic rings. The van der Waals surface area contributed by atoms with Gasteiger partial charge >= 0.3 is 0 Å². The molecule has 152 valence electrons. The van der Waals surface area contributed by atoms with Gasteiger partial charge in [-0.15, -0.1) is 24.8 Å². The zero-order chi connectivity index (χ0) is 17.2. The number of carbonyl (C=O) groups is 1. The van der Waals surface area contributed by atoms with Gasteiger partial charge in [-0.2, -0.15) is 0 Å². The zero-order valence-electron chi connectivity index (χ0n) is 16.1. The predicted octanol–water partition coefficient (Wildman–Crippen LogP) is 2.24. The third-order valence-corrected chi connectivity index (χ3v) is 6.06. The van der Waals surface area contributed by atoms with E-state index in [-0.39, 0.29) is 30.7 Å². The molecule has 5 nitrogen and oxygen atoms in total. The number of rotatable bonds is 3. The number of halogens is 2. The van der Waals surface area contributed by atoms with E-state index in [0.29, 0.717) is 12.1 Å². The van der Waals surface area contributed by atoms with E-state index in [2.05, 4.69) is 45.3 Å². The van der Waals surface area contributed by atoms with Gasteiger partial charge < -0.3 is 15.1 Å². The van der Waals surface area contributed by atoms with E-state index < -0.39 is 0 Å². The number of hydrogen-bond donors (Lipinski definition) is 1. The number of nitrogens with one attached hydrogen (secondary N) is 1. The van der Waals surface area contributed by atoms with Crippen LogP contribution in [0.25, 0.3) is 0 Å². The van der Waals surface area contributed by atoms with Crippen molar-refractivity contribution in [2.24, 2.45) is 0 Å². The fraction of sp³-hybridized carbons (Fsp3) is 0.650. The molecule has 3 saturated heterocycles. The Labute approximate surface area is 175 Å². The van der Waals surface area contributed by atoms with E-state index in [1.54, 1.807) is 0 Å². The number of piperazine rings is 1. The fourth-order valence-electron chi connectivity index (χ4n) is 4.53. The highest BCUT2D eigenvalue weighted by Crippen LogP contribution is 2.29. The maximum Gasteiger partial charge on any atom is 0.254 e. The predicted molar refractivity (Wildman–Crippen MR) is 114 cm³/mol. The largest absolute Gasteiger partial charge is 0.331 e. The van der Waals surface area contributed by atoms with Crippen molar-refractivity contribution in [3.8, 4) is 0 Å². The van der Waals surface area contributed by atoms with Crippen LogP contribution in [0, 0.1) is 0 Å². The molecule has 2 bridgehead atoms. The van der Waals surface area contributed by atoms with Gasteiger partial charge in [0.1, 0.15) is 0 Å². The Kier molecular flexibility index (Phi) is 8.38. The van der Waals surface area contributed by atoms with Gasteiger partial charge in [0.05, 0.1) is 0 Å². The van der Waals surface area contributed by atoms with Crippen LogP contribution in [0.15, 0.2) is 24.3 Å². The van der Waals surface area contributed by atoms with Crippen LogP contribution in [-0.4, -0.2) is 79.0 Å². The Balaban J connectivity index is 0.00000131. The molecule has 0 saturated carbocycles. The number of benzene rings is 1. The summed E-state index contributed by atoms with van der Waals surface area (Å²) in [4.78, 5) is 20.2. The molecular weight excluding hydrogens is 383 g/mol. The lowest BCUT2D eigenvalue weighted by Crippen LogP contribution is -2.44. The molecule has 1 N–H and O–H groups in total. The summed E-state index contributed by atoms with van der Waals surface area (Å²) in [6.07, 6.45) is 3.40. The van der Waals surface area contributed by atoms with E-state index in [9.17, 15) is 4.79 Å². The molecule has 3 heterocycles. The molecule has 1 aromatic carbocycles. The second-order valence-corrected chi connectivity index (χ2v) is 7.87. The summed E-state index contributed by atoms with van der Waals surface area (Å²) >= 11 is 0. The SMILES string of the molecule is CN1CCN(Cc2cccc(C(=O)N3C4CCNCC3CC4)c2)CC1.Cl.Cl. The summed E-state index contributed by atoms with van der Waals surface area (Å²) in [5, 5.41) is 3.48. The Hall–Kier alpha value is -0.850. The molecular formula is C20H32Cl2N4O. The van der Waals surface area contributed by atoms with Gasteiger partial charge in [0.2, 0.25) is 0 Å². The topological polar surface area (TPSA) is 38.8 Å². The van der Waals surface area contributed by atoms with Crippen LogP contribution in [0.3, 0.4) is 0 Å². The maximum atomic E-state index is 13.2. The molecule has 1 aromatic rings. The number of amides is 1. The summed E-state index contributed by atoms with van der Waals surface area (Å²) in [5.41, 5.74) is 2.13. The first-order valence-electron chi connectivity index (χ1n) is 9.74. The molecule has 0 aromatic heterocycles.